The third-order valence-electron chi connectivity index (χ3n) is 9.80. The van der Waals surface area contributed by atoms with Crippen LogP contribution in [0, 0.1) is 0 Å². The van der Waals surface area contributed by atoms with E-state index in [2.05, 4.69) is 103 Å². The van der Waals surface area contributed by atoms with Crippen LogP contribution in [0.5, 0.6) is 0 Å². The average Bonchev–Trinajstić information content (AvgIpc) is 3.93. The Balaban J connectivity index is 0.991. The molecule has 0 bridgehead atoms. The lowest BCUT2D eigenvalue weighted by atomic mass is 10.0. The molecule has 4 aromatic heterocycles. The number of aromatic nitrogens is 4. The van der Waals surface area contributed by atoms with Gasteiger partial charge in [0.05, 0.1) is 10.2 Å². The molecule has 53 heavy (non-hydrogen) atoms. The van der Waals surface area contributed by atoms with Crippen LogP contribution in [0.1, 0.15) is 0 Å². The Morgan fingerprint density at radius 3 is 1.51 bits per heavy atom. The van der Waals surface area contributed by atoms with Crippen molar-refractivity contribution in [2.45, 2.75) is 0 Å². The zero-order valence-electron chi connectivity index (χ0n) is 28.0. The van der Waals surface area contributed by atoms with Crippen LogP contribution in [0.25, 0.3) is 110 Å². The molecule has 0 aliphatic heterocycles. The first-order chi connectivity index (χ1) is 26.2. The largest absolute Gasteiger partial charge is 0.456 e. The molecule has 0 aliphatic carbocycles. The second-order valence-electron chi connectivity index (χ2n) is 13.1. The summed E-state index contributed by atoms with van der Waals surface area (Å²) >= 11 is 1.68. The predicted octanol–water partition coefficient (Wildman–Crippen LogP) is 12.6. The van der Waals surface area contributed by atoms with Crippen LogP contribution >= 0.6 is 11.3 Å². The second-order valence-corrected chi connectivity index (χ2v) is 14.1. The Morgan fingerprint density at radius 1 is 0.340 bits per heavy atom. The molecule has 0 fully saturated rings. The lowest BCUT2D eigenvalue weighted by Gasteiger charge is -2.09. The summed E-state index contributed by atoms with van der Waals surface area (Å²) in [6.07, 6.45) is 0. The minimum atomic E-state index is 0.576. The van der Waals surface area contributed by atoms with Crippen LogP contribution in [0.15, 0.2) is 167 Å². The molecule has 0 radical (unpaired) electrons. The monoisotopic (exact) mass is 698 g/mol. The molecule has 11 rings (SSSR count). The highest BCUT2D eigenvalue weighted by Gasteiger charge is 2.17. The van der Waals surface area contributed by atoms with E-state index in [-0.39, 0.29) is 0 Å². The summed E-state index contributed by atoms with van der Waals surface area (Å²) in [5, 5.41) is 5.31. The summed E-state index contributed by atoms with van der Waals surface area (Å²) in [4.78, 5) is 20.0. The summed E-state index contributed by atoms with van der Waals surface area (Å²) in [5.74, 6) is 1.76. The van der Waals surface area contributed by atoms with Gasteiger partial charge >= 0.3 is 0 Å². The van der Waals surface area contributed by atoms with Gasteiger partial charge in [-0.15, -0.1) is 11.3 Å². The van der Waals surface area contributed by atoms with Crippen LogP contribution < -0.4 is 0 Å². The fourth-order valence-electron chi connectivity index (χ4n) is 7.10. The number of nitrogens with zero attached hydrogens (tertiary/aromatic N) is 4. The molecule has 7 heteroatoms. The molecule has 0 atom stereocenters. The highest BCUT2D eigenvalue weighted by Crippen LogP contribution is 2.38. The summed E-state index contributed by atoms with van der Waals surface area (Å²) in [6, 6.07) is 53.6. The fraction of sp³-hybridized carbons (Fsp3) is 0. The van der Waals surface area contributed by atoms with Crippen LogP contribution in [0.3, 0.4) is 0 Å². The third kappa shape index (κ3) is 5.09. The van der Waals surface area contributed by atoms with E-state index in [1.54, 1.807) is 11.3 Å². The van der Waals surface area contributed by atoms with Gasteiger partial charge < -0.3 is 8.83 Å². The van der Waals surface area contributed by atoms with Crippen LogP contribution in [0.2, 0.25) is 0 Å². The van der Waals surface area contributed by atoms with Gasteiger partial charge in [0.1, 0.15) is 27.3 Å². The molecule has 6 nitrogen and oxygen atoms in total. The molecule has 0 unspecified atom stereocenters. The van der Waals surface area contributed by atoms with Gasteiger partial charge in [-0.05, 0) is 41.5 Å². The zero-order valence-corrected chi connectivity index (χ0v) is 28.8. The molecule has 4 heterocycles. The Hall–Kier alpha value is -6.96. The molecule has 0 saturated heterocycles. The van der Waals surface area contributed by atoms with Crippen molar-refractivity contribution in [3.8, 4) is 55.9 Å². The first-order valence-corrected chi connectivity index (χ1v) is 18.2. The maximum Gasteiger partial charge on any atom is 0.164 e. The highest BCUT2D eigenvalue weighted by atomic mass is 32.1. The smallest absolute Gasteiger partial charge is 0.164 e. The predicted molar refractivity (Wildman–Crippen MR) is 215 cm³/mol. The van der Waals surface area contributed by atoms with Gasteiger partial charge in [-0.1, -0.05) is 121 Å². The summed E-state index contributed by atoms with van der Waals surface area (Å²) in [7, 11) is 0. The van der Waals surface area contributed by atoms with Gasteiger partial charge in [0, 0.05) is 49.9 Å². The van der Waals surface area contributed by atoms with Crippen molar-refractivity contribution >= 4 is 65.4 Å². The lowest BCUT2D eigenvalue weighted by Crippen LogP contribution is -2.00. The van der Waals surface area contributed by atoms with Crippen molar-refractivity contribution in [1.29, 1.82) is 0 Å². The number of hydrogen-bond donors (Lipinski definition) is 0. The molecule has 0 amide bonds. The molecule has 0 saturated carbocycles. The van der Waals surface area contributed by atoms with Gasteiger partial charge in [0.2, 0.25) is 0 Å². The van der Waals surface area contributed by atoms with Crippen molar-refractivity contribution in [3.63, 3.8) is 0 Å². The van der Waals surface area contributed by atoms with Gasteiger partial charge in [-0.2, -0.15) is 0 Å². The van der Waals surface area contributed by atoms with E-state index in [0.717, 1.165) is 92.5 Å². The number of hydrogen-bond acceptors (Lipinski definition) is 7. The number of thiazole rings is 1. The fourth-order valence-corrected chi connectivity index (χ4v) is 8.09. The van der Waals surface area contributed by atoms with Crippen molar-refractivity contribution in [3.05, 3.63) is 158 Å². The maximum atomic E-state index is 6.23. The number of fused-ring (bicyclic) bond motifs is 7. The van der Waals surface area contributed by atoms with E-state index < -0.39 is 0 Å². The Morgan fingerprint density at radius 2 is 0.830 bits per heavy atom. The van der Waals surface area contributed by atoms with E-state index in [4.69, 9.17) is 28.8 Å². The molecule has 248 valence electrons. The minimum absolute atomic E-state index is 0.576. The molecule has 7 aromatic carbocycles. The average molecular weight is 699 g/mol. The summed E-state index contributed by atoms with van der Waals surface area (Å²) in [6.45, 7) is 0. The van der Waals surface area contributed by atoms with E-state index in [0.29, 0.717) is 17.5 Å². The second kappa shape index (κ2) is 11.8. The normalized spacial score (nSPS) is 11.8. The van der Waals surface area contributed by atoms with Gasteiger partial charge in [0.15, 0.2) is 17.5 Å². The van der Waals surface area contributed by atoms with Gasteiger partial charge in [-0.3, -0.25) is 0 Å². The van der Waals surface area contributed by atoms with E-state index in [1.807, 2.05) is 54.6 Å². The number of benzene rings is 7. The van der Waals surface area contributed by atoms with E-state index in [9.17, 15) is 0 Å². The van der Waals surface area contributed by atoms with E-state index in [1.165, 1.54) is 0 Å². The molecular formula is C46H26N4O2S. The Kier molecular flexibility index (Phi) is 6.62. The zero-order chi connectivity index (χ0) is 34.9. The van der Waals surface area contributed by atoms with Crippen molar-refractivity contribution < 1.29 is 8.83 Å². The maximum absolute atomic E-state index is 6.23. The summed E-state index contributed by atoms with van der Waals surface area (Å²) in [5.41, 5.74) is 10.3. The van der Waals surface area contributed by atoms with E-state index >= 15 is 0 Å². The molecule has 0 aliphatic rings. The number of furan rings is 2. The summed E-state index contributed by atoms with van der Waals surface area (Å²) < 4.78 is 13.5. The standard InChI is InChI=1S/C46H26N4O2S/c1-2-8-27(9-3-1)28-14-16-29(17-15-28)43-48-44(50-45(49-43)32-22-23-35-33-10-4-6-12-38(33)51-40(35)24-32)30-18-20-31(21-19-30)46-47-37-26-41-36(25-42(37)53-46)34-11-5-7-13-39(34)52-41/h1-26H. The molecule has 0 spiro atoms. The van der Waals surface area contributed by atoms with Crippen LogP contribution in [-0.2, 0) is 0 Å². The van der Waals surface area contributed by atoms with Crippen molar-refractivity contribution in [2.24, 2.45) is 0 Å². The van der Waals surface area contributed by atoms with Crippen LogP contribution in [0.4, 0.5) is 0 Å². The Bertz CT molecular complexity index is 3160. The van der Waals surface area contributed by atoms with Gasteiger partial charge in [-0.25, -0.2) is 19.9 Å². The number of rotatable bonds is 5. The minimum Gasteiger partial charge on any atom is -0.456 e. The van der Waals surface area contributed by atoms with Gasteiger partial charge in [0.25, 0.3) is 0 Å². The first-order valence-electron chi connectivity index (χ1n) is 17.4. The molecule has 0 N–H and O–H groups in total. The van der Waals surface area contributed by atoms with Crippen LogP contribution in [-0.4, -0.2) is 19.9 Å². The quantitative estimate of drug-likeness (QED) is 0.178. The lowest BCUT2D eigenvalue weighted by molar-refractivity contribution is 0.669. The number of para-hydroxylation sites is 2. The third-order valence-corrected chi connectivity index (χ3v) is 10.9. The SMILES string of the molecule is c1ccc(-c2ccc(-c3nc(-c4ccc(-c5nc6cc7oc8ccccc8c7cc6s5)cc4)nc(-c4ccc5c(c4)oc4ccccc45)n3)cc2)cc1. The first kappa shape index (κ1) is 29.7. The molecule has 11 aromatic rings. The molecular weight excluding hydrogens is 673 g/mol. The van der Waals surface area contributed by atoms with Crippen molar-refractivity contribution in [2.75, 3.05) is 0 Å². The van der Waals surface area contributed by atoms with Crippen molar-refractivity contribution in [1.82, 2.24) is 19.9 Å². The highest BCUT2D eigenvalue weighted by molar-refractivity contribution is 7.21. The topological polar surface area (TPSA) is 77.8 Å². The Labute approximate surface area is 306 Å².